The lowest BCUT2D eigenvalue weighted by Crippen LogP contribution is -2.59. The van der Waals surface area contributed by atoms with Crippen LogP contribution in [0.25, 0.3) is 11.3 Å². The van der Waals surface area contributed by atoms with Crippen molar-refractivity contribution in [1.29, 1.82) is 0 Å². The first kappa shape index (κ1) is 36.0. The van der Waals surface area contributed by atoms with Gasteiger partial charge in [0, 0.05) is 24.8 Å². The minimum Gasteiger partial charge on any atom is -0.453 e. The lowest BCUT2D eigenvalue weighted by Gasteiger charge is -2.34. The number of nitrogens with one attached hydrogen (secondary N) is 3. The molecule has 1 heterocycles. The van der Waals surface area contributed by atoms with E-state index in [1.807, 2.05) is 93.6 Å². The van der Waals surface area contributed by atoms with E-state index in [0.29, 0.717) is 6.42 Å². The van der Waals surface area contributed by atoms with Crippen molar-refractivity contribution in [3.8, 4) is 11.3 Å². The van der Waals surface area contributed by atoms with Gasteiger partial charge in [0.1, 0.15) is 11.6 Å². The number of aromatic nitrogens is 1. The Bertz CT molecular complexity index is 1410. The zero-order chi connectivity index (χ0) is 33.9. The summed E-state index contributed by atoms with van der Waals surface area (Å²) in [7, 11) is 1.23. The molecule has 0 spiro atoms. The van der Waals surface area contributed by atoms with Crippen LogP contribution in [-0.2, 0) is 27.2 Å². The smallest absolute Gasteiger partial charge is 0.407 e. The predicted molar refractivity (Wildman–Crippen MR) is 176 cm³/mol. The third kappa shape index (κ3) is 11.8. The van der Waals surface area contributed by atoms with Crippen LogP contribution in [0.1, 0.15) is 52.7 Å². The number of alkyl carbamates (subject to hydrolysis) is 2. The zero-order valence-electron chi connectivity index (χ0n) is 27.7. The minimum absolute atomic E-state index is 0.0594. The van der Waals surface area contributed by atoms with Gasteiger partial charge in [-0.1, -0.05) is 81.4 Å². The molecule has 1 unspecified atom stereocenters. The van der Waals surface area contributed by atoms with Crippen LogP contribution in [0.15, 0.2) is 79.0 Å². The quantitative estimate of drug-likeness (QED) is 0.208. The molecule has 3 atom stereocenters. The molecule has 0 saturated heterocycles. The van der Waals surface area contributed by atoms with Crippen molar-refractivity contribution in [1.82, 2.24) is 26.1 Å². The van der Waals surface area contributed by atoms with Crippen LogP contribution in [0.2, 0.25) is 0 Å². The third-order valence-corrected chi connectivity index (χ3v) is 7.00. The molecule has 0 aliphatic carbocycles. The Hall–Kier alpha value is -4.48. The lowest BCUT2D eigenvalue weighted by molar-refractivity contribution is -0.131. The Morgan fingerprint density at radius 3 is 2.07 bits per heavy atom. The molecule has 0 fully saturated rings. The lowest BCUT2D eigenvalue weighted by atomic mass is 9.86. The normalized spacial score (nSPS) is 13.7. The number of methoxy groups -OCH3 is 1. The highest BCUT2D eigenvalue weighted by Gasteiger charge is 2.35. The number of hydrazine groups is 1. The topological polar surface area (TPSA) is 142 Å². The number of nitrogens with zero attached hydrogens (tertiary/aromatic N) is 2. The number of amides is 3. The second-order valence-corrected chi connectivity index (χ2v) is 13.2. The summed E-state index contributed by atoms with van der Waals surface area (Å²) in [6, 6.07) is 21.2. The van der Waals surface area contributed by atoms with Gasteiger partial charge in [0.25, 0.3) is 5.91 Å². The fourth-order valence-electron chi connectivity index (χ4n) is 4.72. The number of benzene rings is 2. The molecule has 4 N–H and O–H groups in total. The standard InChI is InChI=1S/C35H47N5O6/c1-34(2,3)30(38-32(43)45-7)31(42)39-40(22-25-16-18-26(19-17-25)27-15-11-12-20-36-27)23-29(41)28(21-24-13-9-8-10-14-24)37-33(44)46-35(4,5)6/h8-20,28-30,41H,21-23H2,1-7H3,(H,37,44)(H,38,43)(H,39,42)/t28-,29-,30?/m0/s1. The number of ether oxygens (including phenoxy) is 2. The number of aliphatic hydroxyl groups excluding tert-OH is 1. The summed E-state index contributed by atoms with van der Waals surface area (Å²) in [6.45, 7) is 10.9. The summed E-state index contributed by atoms with van der Waals surface area (Å²) in [6.07, 6.45) is -0.495. The number of hydrogen-bond donors (Lipinski definition) is 4. The van der Waals surface area contributed by atoms with Crippen molar-refractivity contribution >= 4 is 18.1 Å². The van der Waals surface area contributed by atoms with Crippen molar-refractivity contribution < 1.29 is 29.0 Å². The summed E-state index contributed by atoms with van der Waals surface area (Å²) in [5, 5.41) is 18.6. The molecule has 46 heavy (non-hydrogen) atoms. The number of carbonyl (C=O) groups is 3. The van der Waals surface area contributed by atoms with Gasteiger partial charge in [0.05, 0.1) is 24.9 Å². The fourth-order valence-corrected chi connectivity index (χ4v) is 4.72. The zero-order valence-corrected chi connectivity index (χ0v) is 27.7. The van der Waals surface area contributed by atoms with Crippen LogP contribution in [0.4, 0.5) is 9.59 Å². The highest BCUT2D eigenvalue weighted by atomic mass is 16.6. The van der Waals surface area contributed by atoms with E-state index in [2.05, 4.69) is 21.0 Å². The van der Waals surface area contributed by atoms with E-state index in [4.69, 9.17) is 9.47 Å². The van der Waals surface area contributed by atoms with Gasteiger partial charge in [-0.05, 0) is 55.9 Å². The molecule has 1 aromatic heterocycles. The average Bonchev–Trinajstić information content (AvgIpc) is 2.99. The van der Waals surface area contributed by atoms with E-state index in [-0.39, 0.29) is 13.1 Å². The Morgan fingerprint density at radius 2 is 1.50 bits per heavy atom. The van der Waals surface area contributed by atoms with Crippen LogP contribution in [-0.4, -0.2) is 70.6 Å². The van der Waals surface area contributed by atoms with Gasteiger partial charge in [-0.25, -0.2) is 14.6 Å². The Kier molecular flexibility index (Phi) is 12.7. The second-order valence-electron chi connectivity index (χ2n) is 13.2. The van der Waals surface area contributed by atoms with Crippen molar-refractivity contribution in [2.24, 2.45) is 5.41 Å². The number of carbonyl (C=O) groups excluding carboxylic acids is 3. The fraction of sp³-hybridized carbons (Fsp3) is 0.429. The SMILES string of the molecule is COC(=O)NC(C(=O)NN(Cc1ccc(-c2ccccn2)cc1)C[C@H](O)[C@H](Cc1ccccc1)NC(=O)OC(C)(C)C)C(C)(C)C. The first-order valence-corrected chi connectivity index (χ1v) is 15.3. The maximum absolute atomic E-state index is 13.7. The number of pyridine rings is 1. The molecule has 11 heteroatoms. The summed E-state index contributed by atoms with van der Waals surface area (Å²) in [4.78, 5) is 43.0. The van der Waals surface area contributed by atoms with E-state index in [1.165, 1.54) is 7.11 Å². The van der Waals surface area contributed by atoms with Crippen molar-refractivity contribution in [3.05, 3.63) is 90.1 Å². The van der Waals surface area contributed by atoms with Crippen LogP contribution in [0.5, 0.6) is 0 Å². The molecule has 3 amide bonds. The van der Waals surface area contributed by atoms with Gasteiger partial charge >= 0.3 is 12.2 Å². The molecule has 2 aromatic carbocycles. The molecule has 0 aliphatic heterocycles. The Labute approximate surface area is 271 Å². The van der Waals surface area contributed by atoms with Crippen LogP contribution in [0, 0.1) is 5.41 Å². The van der Waals surface area contributed by atoms with Crippen molar-refractivity contribution in [3.63, 3.8) is 0 Å². The largest absolute Gasteiger partial charge is 0.453 e. The summed E-state index contributed by atoms with van der Waals surface area (Å²) >= 11 is 0. The van der Waals surface area contributed by atoms with Crippen molar-refractivity contribution in [2.75, 3.05) is 13.7 Å². The van der Waals surface area contributed by atoms with E-state index in [1.54, 1.807) is 32.0 Å². The average molecular weight is 634 g/mol. The van der Waals surface area contributed by atoms with E-state index >= 15 is 0 Å². The Balaban J connectivity index is 1.89. The molecule has 0 bridgehead atoms. The van der Waals surface area contributed by atoms with E-state index in [0.717, 1.165) is 22.4 Å². The maximum atomic E-state index is 13.7. The first-order valence-electron chi connectivity index (χ1n) is 15.3. The number of rotatable bonds is 12. The van der Waals surface area contributed by atoms with Crippen molar-refractivity contribution in [2.45, 2.75) is 78.3 Å². The number of aliphatic hydroxyl groups is 1. The molecule has 0 radical (unpaired) electrons. The monoisotopic (exact) mass is 633 g/mol. The molecule has 3 rings (SSSR count). The predicted octanol–water partition coefficient (Wildman–Crippen LogP) is 4.85. The minimum atomic E-state index is -1.14. The summed E-state index contributed by atoms with van der Waals surface area (Å²) in [5.41, 5.74) is 5.00. The first-order chi connectivity index (χ1) is 21.6. The highest BCUT2D eigenvalue weighted by Crippen LogP contribution is 2.21. The molecular weight excluding hydrogens is 586 g/mol. The summed E-state index contributed by atoms with van der Waals surface area (Å²) in [5.74, 6) is -0.491. The third-order valence-electron chi connectivity index (χ3n) is 7.00. The molecule has 3 aromatic rings. The number of hydrogen-bond acceptors (Lipinski definition) is 8. The van der Waals surface area contributed by atoms with Gasteiger partial charge in [-0.3, -0.25) is 15.2 Å². The molecule has 0 aliphatic rings. The van der Waals surface area contributed by atoms with Gasteiger partial charge < -0.3 is 25.2 Å². The van der Waals surface area contributed by atoms with E-state index < -0.39 is 47.3 Å². The van der Waals surface area contributed by atoms with Crippen LogP contribution < -0.4 is 16.1 Å². The Morgan fingerprint density at radius 1 is 0.848 bits per heavy atom. The molecule has 248 valence electrons. The van der Waals surface area contributed by atoms with E-state index in [9.17, 15) is 19.5 Å². The van der Waals surface area contributed by atoms with Crippen LogP contribution in [0.3, 0.4) is 0 Å². The maximum Gasteiger partial charge on any atom is 0.407 e. The van der Waals surface area contributed by atoms with Gasteiger partial charge in [0.15, 0.2) is 0 Å². The molecule has 0 saturated carbocycles. The van der Waals surface area contributed by atoms with Gasteiger partial charge in [0.2, 0.25) is 0 Å². The highest BCUT2D eigenvalue weighted by molar-refractivity contribution is 5.86. The van der Waals surface area contributed by atoms with Gasteiger partial charge in [-0.2, -0.15) is 0 Å². The van der Waals surface area contributed by atoms with Gasteiger partial charge in [-0.15, -0.1) is 0 Å². The second kappa shape index (κ2) is 16.2. The molecule has 11 nitrogen and oxygen atoms in total. The molecular formula is C35H47N5O6. The summed E-state index contributed by atoms with van der Waals surface area (Å²) < 4.78 is 10.2. The van der Waals surface area contributed by atoms with Crippen LogP contribution >= 0.6 is 0 Å².